The minimum Gasteiger partial charge on any atom is -0.477 e. The van der Waals surface area contributed by atoms with Gasteiger partial charge in [0.05, 0.1) is 0 Å². The molecule has 0 spiro atoms. The number of carboxylic acid groups (broad SMARTS) is 1. The topological polar surface area (TPSA) is 84.2 Å². The molecule has 2 aromatic carbocycles. The number of aromatic carboxylic acids is 1. The van der Waals surface area contributed by atoms with E-state index in [0.717, 1.165) is 35.4 Å². The number of carboxylic acids is 1. The first kappa shape index (κ1) is 22.0. The Hall–Kier alpha value is -3.69. The maximum atomic E-state index is 13.1. The number of hydrogen-bond acceptors (Lipinski definition) is 3. The SMILES string of the molecule is Cc1ccc(-c2nn(CC(F)(F)F)c(NC(=O)c3ccc(F)cc3)c2C(=O)O)cc1C. The maximum absolute atomic E-state index is 13.1. The van der Waals surface area contributed by atoms with Gasteiger partial charge in [0.1, 0.15) is 29.4 Å². The van der Waals surface area contributed by atoms with Crippen LogP contribution in [0.1, 0.15) is 31.8 Å². The highest BCUT2D eigenvalue weighted by atomic mass is 19.4. The summed E-state index contributed by atoms with van der Waals surface area (Å²) in [4.78, 5) is 24.5. The zero-order valence-corrected chi connectivity index (χ0v) is 16.4. The summed E-state index contributed by atoms with van der Waals surface area (Å²) >= 11 is 0. The number of aromatic nitrogens is 2. The quantitative estimate of drug-likeness (QED) is 0.563. The van der Waals surface area contributed by atoms with E-state index in [-0.39, 0.29) is 11.3 Å². The first-order valence-corrected chi connectivity index (χ1v) is 9.01. The largest absolute Gasteiger partial charge is 0.477 e. The van der Waals surface area contributed by atoms with E-state index in [1.807, 2.05) is 6.92 Å². The van der Waals surface area contributed by atoms with Crippen LogP contribution >= 0.6 is 0 Å². The van der Waals surface area contributed by atoms with Crippen molar-refractivity contribution in [3.63, 3.8) is 0 Å². The summed E-state index contributed by atoms with van der Waals surface area (Å²) < 4.78 is 52.9. The molecule has 3 aromatic rings. The van der Waals surface area contributed by atoms with E-state index in [0.29, 0.717) is 10.2 Å². The molecule has 0 fully saturated rings. The third-order valence-corrected chi connectivity index (χ3v) is 4.61. The van der Waals surface area contributed by atoms with Crippen LogP contribution in [0.2, 0.25) is 0 Å². The van der Waals surface area contributed by atoms with E-state index in [1.54, 1.807) is 25.1 Å². The summed E-state index contributed by atoms with van der Waals surface area (Å²) in [6.45, 7) is 1.98. The number of halogens is 4. The molecule has 1 aromatic heterocycles. The van der Waals surface area contributed by atoms with E-state index in [4.69, 9.17) is 0 Å². The van der Waals surface area contributed by atoms with Crippen LogP contribution in [0.15, 0.2) is 42.5 Å². The van der Waals surface area contributed by atoms with Crippen LogP contribution in [0.5, 0.6) is 0 Å². The van der Waals surface area contributed by atoms with Gasteiger partial charge in [0.2, 0.25) is 0 Å². The van der Waals surface area contributed by atoms with Crippen LogP contribution in [-0.2, 0) is 6.54 Å². The summed E-state index contributed by atoms with van der Waals surface area (Å²) in [6.07, 6.45) is -4.72. The van der Waals surface area contributed by atoms with Crippen molar-refractivity contribution in [2.24, 2.45) is 0 Å². The first-order valence-electron chi connectivity index (χ1n) is 9.01. The van der Waals surface area contributed by atoms with Crippen LogP contribution in [0.3, 0.4) is 0 Å². The van der Waals surface area contributed by atoms with Gasteiger partial charge >= 0.3 is 12.1 Å². The summed E-state index contributed by atoms with van der Waals surface area (Å²) in [5.74, 6) is -3.69. The van der Waals surface area contributed by atoms with E-state index >= 15 is 0 Å². The zero-order valence-electron chi connectivity index (χ0n) is 16.4. The van der Waals surface area contributed by atoms with E-state index < -0.39 is 41.8 Å². The second-order valence-electron chi connectivity index (χ2n) is 6.91. The Morgan fingerprint density at radius 3 is 2.26 bits per heavy atom. The number of hydrogen-bond donors (Lipinski definition) is 2. The third-order valence-electron chi connectivity index (χ3n) is 4.61. The van der Waals surface area contributed by atoms with Crippen molar-refractivity contribution in [1.29, 1.82) is 0 Å². The average Bonchev–Trinajstić information content (AvgIpc) is 3.01. The van der Waals surface area contributed by atoms with Crippen LogP contribution in [-0.4, -0.2) is 32.9 Å². The monoisotopic (exact) mass is 435 g/mol. The summed E-state index contributed by atoms with van der Waals surface area (Å²) in [6, 6.07) is 9.09. The van der Waals surface area contributed by atoms with Crippen molar-refractivity contribution >= 4 is 17.7 Å². The summed E-state index contributed by atoms with van der Waals surface area (Å²) in [7, 11) is 0. The van der Waals surface area contributed by atoms with Crippen molar-refractivity contribution in [1.82, 2.24) is 9.78 Å². The van der Waals surface area contributed by atoms with Crippen LogP contribution < -0.4 is 5.32 Å². The first-order chi connectivity index (χ1) is 14.5. The Morgan fingerprint density at radius 1 is 1.06 bits per heavy atom. The van der Waals surface area contributed by atoms with Crippen LogP contribution in [0.25, 0.3) is 11.3 Å². The Morgan fingerprint density at radius 2 is 1.71 bits per heavy atom. The second-order valence-corrected chi connectivity index (χ2v) is 6.91. The van der Waals surface area contributed by atoms with E-state index in [1.165, 1.54) is 0 Å². The van der Waals surface area contributed by atoms with Crippen LogP contribution in [0, 0.1) is 19.7 Å². The molecular weight excluding hydrogens is 418 g/mol. The van der Waals surface area contributed by atoms with Gasteiger partial charge in [-0.05, 0) is 55.3 Å². The maximum Gasteiger partial charge on any atom is 0.408 e. The Balaban J connectivity index is 2.15. The molecule has 0 aliphatic rings. The minimum atomic E-state index is -4.72. The van der Waals surface area contributed by atoms with Crippen molar-refractivity contribution in [3.05, 3.63) is 70.5 Å². The molecule has 31 heavy (non-hydrogen) atoms. The fraction of sp³-hybridized carbons (Fsp3) is 0.190. The highest BCUT2D eigenvalue weighted by Gasteiger charge is 2.34. The van der Waals surface area contributed by atoms with E-state index in [2.05, 4.69) is 10.4 Å². The Bertz CT molecular complexity index is 1150. The van der Waals surface area contributed by atoms with Gasteiger partial charge in [0, 0.05) is 11.1 Å². The molecule has 1 heterocycles. The summed E-state index contributed by atoms with van der Waals surface area (Å²) in [5.41, 5.74) is 1.12. The number of alkyl halides is 3. The van der Waals surface area contributed by atoms with Gasteiger partial charge in [0.25, 0.3) is 5.91 Å². The number of rotatable bonds is 5. The molecular formula is C21H17F4N3O3. The number of amides is 1. The minimum absolute atomic E-state index is 0.0646. The molecule has 0 aliphatic heterocycles. The van der Waals surface area contributed by atoms with Crippen molar-refractivity contribution < 1.29 is 32.3 Å². The molecule has 0 aliphatic carbocycles. The van der Waals surface area contributed by atoms with Crippen molar-refractivity contribution in [3.8, 4) is 11.3 Å². The smallest absolute Gasteiger partial charge is 0.408 e. The molecule has 10 heteroatoms. The average molecular weight is 435 g/mol. The molecule has 0 radical (unpaired) electrons. The van der Waals surface area contributed by atoms with Gasteiger partial charge in [-0.15, -0.1) is 0 Å². The Labute approximate surface area is 174 Å². The lowest BCUT2D eigenvalue weighted by Crippen LogP contribution is -2.23. The third kappa shape index (κ3) is 4.90. The number of carbonyl (C=O) groups excluding carboxylic acids is 1. The molecule has 0 bridgehead atoms. The van der Waals surface area contributed by atoms with Gasteiger partial charge in [-0.25, -0.2) is 13.9 Å². The normalized spacial score (nSPS) is 11.4. The molecule has 162 valence electrons. The van der Waals surface area contributed by atoms with Gasteiger partial charge in [-0.1, -0.05) is 12.1 Å². The lowest BCUT2D eigenvalue weighted by molar-refractivity contribution is -0.142. The number of carbonyl (C=O) groups is 2. The molecule has 6 nitrogen and oxygen atoms in total. The molecule has 0 saturated heterocycles. The van der Waals surface area contributed by atoms with Crippen LogP contribution in [0.4, 0.5) is 23.4 Å². The van der Waals surface area contributed by atoms with Crippen molar-refractivity contribution in [2.45, 2.75) is 26.6 Å². The fourth-order valence-electron chi connectivity index (χ4n) is 2.95. The number of benzene rings is 2. The summed E-state index contributed by atoms with van der Waals surface area (Å²) in [5, 5.41) is 15.8. The molecule has 3 rings (SSSR count). The Kier molecular flexibility index (Phi) is 5.83. The molecule has 0 unspecified atom stereocenters. The van der Waals surface area contributed by atoms with E-state index in [9.17, 15) is 32.3 Å². The van der Waals surface area contributed by atoms with Gasteiger partial charge in [-0.3, -0.25) is 4.79 Å². The molecule has 1 amide bonds. The predicted octanol–water partition coefficient (Wildman–Crippen LogP) is 4.82. The van der Waals surface area contributed by atoms with Gasteiger partial charge < -0.3 is 10.4 Å². The number of anilines is 1. The number of nitrogens with zero attached hydrogens (tertiary/aromatic N) is 2. The fourth-order valence-corrected chi connectivity index (χ4v) is 2.95. The molecule has 0 atom stereocenters. The van der Waals surface area contributed by atoms with Crippen molar-refractivity contribution in [2.75, 3.05) is 5.32 Å². The molecule has 2 N–H and O–H groups in total. The van der Waals surface area contributed by atoms with Gasteiger partial charge in [-0.2, -0.15) is 18.3 Å². The zero-order chi connectivity index (χ0) is 22.9. The highest BCUT2D eigenvalue weighted by Crippen LogP contribution is 2.32. The number of nitrogens with one attached hydrogen (secondary N) is 1. The molecule has 0 saturated carbocycles. The predicted molar refractivity (Wildman–Crippen MR) is 105 cm³/mol. The lowest BCUT2D eigenvalue weighted by atomic mass is 10.0. The standard InChI is InChI=1S/C21H17F4N3O3/c1-11-3-4-14(9-12(11)2)17-16(20(30)31)18(28(27-17)10-21(23,24)25)26-19(29)13-5-7-15(22)8-6-13/h3-9H,10H2,1-2H3,(H,26,29)(H,30,31). The number of aryl methyl sites for hydroxylation is 2. The lowest BCUT2D eigenvalue weighted by Gasteiger charge is -2.12. The highest BCUT2D eigenvalue weighted by molar-refractivity contribution is 6.09. The second kappa shape index (κ2) is 8.21. The van der Waals surface area contributed by atoms with Gasteiger partial charge in [0.15, 0.2) is 0 Å².